The lowest BCUT2D eigenvalue weighted by molar-refractivity contribution is 0.158. The molecule has 0 bridgehead atoms. The zero-order valence-electron chi connectivity index (χ0n) is 8.05. The van der Waals surface area contributed by atoms with Gasteiger partial charge in [0, 0.05) is 6.04 Å². The molecule has 0 aromatic heterocycles. The lowest BCUT2D eigenvalue weighted by Crippen LogP contribution is -2.29. The summed E-state index contributed by atoms with van der Waals surface area (Å²) in [5.41, 5.74) is 0. The molecule has 0 aromatic rings. The monoisotopic (exact) mass is 171 g/mol. The minimum absolute atomic E-state index is 0.0982. The molecule has 72 valence electrons. The third-order valence-electron chi connectivity index (χ3n) is 2.74. The summed E-state index contributed by atoms with van der Waals surface area (Å²) in [4.78, 5) is 0. The second-order valence-electron chi connectivity index (χ2n) is 3.79. The lowest BCUT2D eigenvalue weighted by Gasteiger charge is -2.13. The molecule has 1 fully saturated rings. The van der Waals surface area contributed by atoms with E-state index in [4.69, 9.17) is 0 Å². The number of aliphatic hydroxyl groups excluding tert-OH is 1. The van der Waals surface area contributed by atoms with Crippen LogP contribution in [0.25, 0.3) is 0 Å². The molecular formula is C10H21NO. The van der Waals surface area contributed by atoms with E-state index in [1.807, 2.05) is 6.92 Å². The Hall–Kier alpha value is -0.0800. The van der Waals surface area contributed by atoms with E-state index in [0.29, 0.717) is 0 Å². The number of nitrogens with one attached hydrogen (secondary N) is 1. The molecule has 1 aliphatic carbocycles. The smallest absolute Gasteiger partial charge is 0.0549 e. The molecule has 12 heavy (non-hydrogen) atoms. The van der Waals surface area contributed by atoms with Crippen molar-refractivity contribution in [3.63, 3.8) is 0 Å². The SMILES string of the molecule is CCC(O)CCNC1CCCC1. The maximum Gasteiger partial charge on any atom is 0.0549 e. The van der Waals surface area contributed by atoms with E-state index < -0.39 is 0 Å². The Balaban J connectivity index is 1.94. The molecule has 1 aliphatic rings. The molecule has 0 aliphatic heterocycles. The summed E-state index contributed by atoms with van der Waals surface area (Å²) in [6.45, 7) is 3.01. The Morgan fingerprint density at radius 3 is 2.67 bits per heavy atom. The third kappa shape index (κ3) is 3.55. The van der Waals surface area contributed by atoms with Crippen molar-refractivity contribution in [3.05, 3.63) is 0 Å². The van der Waals surface area contributed by atoms with E-state index in [-0.39, 0.29) is 6.10 Å². The second-order valence-corrected chi connectivity index (χ2v) is 3.79. The van der Waals surface area contributed by atoms with Crippen molar-refractivity contribution in [2.75, 3.05) is 6.54 Å². The van der Waals surface area contributed by atoms with Crippen molar-refractivity contribution >= 4 is 0 Å². The van der Waals surface area contributed by atoms with Crippen molar-refractivity contribution in [1.82, 2.24) is 5.32 Å². The Bertz CT molecular complexity index is 110. The molecule has 1 saturated carbocycles. The first-order valence-electron chi connectivity index (χ1n) is 5.24. The fourth-order valence-electron chi connectivity index (χ4n) is 1.79. The maximum absolute atomic E-state index is 9.29. The number of aliphatic hydroxyl groups is 1. The molecule has 2 nitrogen and oxygen atoms in total. The number of rotatable bonds is 5. The van der Waals surface area contributed by atoms with Crippen LogP contribution in [0.5, 0.6) is 0 Å². The van der Waals surface area contributed by atoms with E-state index in [9.17, 15) is 5.11 Å². The van der Waals surface area contributed by atoms with Crippen LogP contribution in [0.4, 0.5) is 0 Å². The highest BCUT2D eigenvalue weighted by atomic mass is 16.3. The summed E-state index contributed by atoms with van der Waals surface area (Å²) in [7, 11) is 0. The molecule has 0 amide bonds. The number of hydrogen-bond acceptors (Lipinski definition) is 2. The van der Waals surface area contributed by atoms with E-state index in [1.54, 1.807) is 0 Å². The van der Waals surface area contributed by atoms with Crippen LogP contribution in [-0.4, -0.2) is 23.8 Å². The molecular weight excluding hydrogens is 150 g/mol. The highest BCUT2D eigenvalue weighted by Gasteiger charge is 2.13. The first-order valence-corrected chi connectivity index (χ1v) is 5.24. The van der Waals surface area contributed by atoms with Crippen LogP contribution in [0.1, 0.15) is 45.4 Å². The van der Waals surface area contributed by atoms with Crippen molar-refractivity contribution in [2.45, 2.75) is 57.6 Å². The molecule has 0 radical (unpaired) electrons. The van der Waals surface area contributed by atoms with E-state index in [0.717, 1.165) is 25.4 Å². The topological polar surface area (TPSA) is 32.3 Å². The summed E-state index contributed by atoms with van der Waals surface area (Å²) >= 11 is 0. The van der Waals surface area contributed by atoms with Crippen LogP contribution >= 0.6 is 0 Å². The molecule has 1 rings (SSSR count). The highest BCUT2D eigenvalue weighted by Crippen LogP contribution is 2.17. The first kappa shape index (κ1) is 10.0. The van der Waals surface area contributed by atoms with Crippen molar-refractivity contribution in [1.29, 1.82) is 0 Å². The Labute approximate surface area is 75.4 Å². The minimum atomic E-state index is -0.0982. The molecule has 2 N–H and O–H groups in total. The number of hydrogen-bond donors (Lipinski definition) is 2. The van der Waals surface area contributed by atoms with Crippen molar-refractivity contribution in [3.8, 4) is 0 Å². The van der Waals surface area contributed by atoms with Gasteiger partial charge < -0.3 is 10.4 Å². The highest BCUT2D eigenvalue weighted by molar-refractivity contribution is 4.73. The van der Waals surface area contributed by atoms with Gasteiger partial charge in [-0.2, -0.15) is 0 Å². The minimum Gasteiger partial charge on any atom is -0.393 e. The van der Waals surface area contributed by atoms with Gasteiger partial charge in [-0.3, -0.25) is 0 Å². The Morgan fingerprint density at radius 1 is 1.42 bits per heavy atom. The summed E-state index contributed by atoms with van der Waals surface area (Å²) in [5, 5.41) is 12.8. The quantitative estimate of drug-likeness (QED) is 0.659. The maximum atomic E-state index is 9.29. The molecule has 0 spiro atoms. The first-order chi connectivity index (χ1) is 5.83. The summed E-state index contributed by atoms with van der Waals surface area (Å²) < 4.78 is 0. The summed E-state index contributed by atoms with van der Waals surface area (Å²) in [6, 6.07) is 0.744. The fraction of sp³-hybridized carbons (Fsp3) is 1.00. The molecule has 2 heteroatoms. The van der Waals surface area contributed by atoms with E-state index in [2.05, 4.69) is 5.32 Å². The molecule has 0 saturated heterocycles. The standard InChI is InChI=1S/C10H21NO/c1-2-10(12)7-8-11-9-5-3-4-6-9/h9-12H,2-8H2,1H3. The Kier molecular flexibility index (Phi) is 4.62. The Morgan fingerprint density at radius 2 is 2.08 bits per heavy atom. The van der Waals surface area contributed by atoms with E-state index in [1.165, 1.54) is 25.7 Å². The van der Waals surface area contributed by atoms with Gasteiger partial charge in [0.05, 0.1) is 6.10 Å². The van der Waals surface area contributed by atoms with Gasteiger partial charge >= 0.3 is 0 Å². The van der Waals surface area contributed by atoms with Crippen LogP contribution in [0.2, 0.25) is 0 Å². The van der Waals surface area contributed by atoms with Crippen LogP contribution in [0.3, 0.4) is 0 Å². The molecule has 1 atom stereocenters. The van der Waals surface area contributed by atoms with Crippen molar-refractivity contribution < 1.29 is 5.11 Å². The fourth-order valence-corrected chi connectivity index (χ4v) is 1.79. The zero-order chi connectivity index (χ0) is 8.81. The van der Waals surface area contributed by atoms with Crippen molar-refractivity contribution in [2.24, 2.45) is 0 Å². The van der Waals surface area contributed by atoms with E-state index >= 15 is 0 Å². The largest absolute Gasteiger partial charge is 0.393 e. The summed E-state index contributed by atoms with van der Waals surface area (Å²) in [6.07, 6.45) is 7.13. The van der Waals surface area contributed by atoms with Gasteiger partial charge in [0.15, 0.2) is 0 Å². The molecule has 0 aromatic carbocycles. The van der Waals surface area contributed by atoms with Gasteiger partial charge in [0.25, 0.3) is 0 Å². The van der Waals surface area contributed by atoms with Gasteiger partial charge in [0.1, 0.15) is 0 Å². The van der Waals surface area contributed by atoms with Crippen LogP contribution in [0, 0.1) is 0 Å². The van der Waals surface area contributed by atoms with Gasteiger partial charge in [-0.25, -0.2) is 0 Å². The van der Waals surface area contributed by atoms with Gasteiger partial charge in [-0.05, 0) is 32.2 Å². The predicted octanol–water partition coefficient (Wildman–Crippen LogP) is 1.68. The second kappa shape index (κ2) is 5.55. The third-order valence-corrected chi connectivity index (χ3v) is 2.74. The van der Waals surface area contributed by atoms with Gasteiger partial charge in [-0.15, -0.1) is 0 Å². The normalized spacial score (nSPS) is 21.5. The van der Waals surface area contributed by atoms with Crippen LogP contribution < -0.4 is 5.32 Å². The average molecular weight is 171 g/mol. The molecule has 0 heterocycles. The van der Waals surface area contributed by atoms with Gasteiger partial charge in [-0.1, -0.05) is 19.8 Å². The predicted molar refractivity (Wildman–Crippen MR) is 51.2 cm³/mol. The lowest BCUT2D eigenvalue weighted by atomic mass is 10.2. The van der Waals surface area contributed by atoms with Gasteiger partial charge in [0.2, 0.25) is 0 Å². The average Bonchev–Trinajstić information content (AvgIpc) is 2.57. The molecule has 1 unspecified atom stereocenters. The van der Waals surface area contributed by atoms with Crippen LogP contribution in [-0.2, 0) is 0 Å². The summed E-state index contributed by atoms with van der Waals surface area (Å²) in [5.74, 6) is 0. The zero-order valence-corrected chi connectivity index (χ0v) is 8.05. The van der Waals surface area contributed by atoms with Crippen LogP contribution in [0.15, 0.2) is 0 Å².